The number of nitrogens with one attached hydrogen (secondary N) is 1. The normalized spacial score (nSPS) is 27.1. The van der Waals surface area contributed by atoms with Crippen LogP contribution >= 0.6 is 0 Å². The molecular weight excluding hydrogens is 234 g/mol. The van der Waals surface area contributed by atoms with Gasteiger partial charge >= 0.3 is 0 Å². The minimum absolute atomic E-state index is 0.673. The van der Waals surface area contributed by atoms with Crippen LogP contribution in [0.15, 0.2) is 18.2 Å². The van der Waals surface area contributed by atoms with Gasteiger partial charge in [0.2, 0.25) is 0 Å². The van der Waals surface area contributed by atoms with Gasteiger partial charge in [0.25, 0.3) is 0 Å². The van der Waals surface area contributed by atoms with Gasteiger partial charge in [0.1, 0.15) is 5.75 Å². The lowest BCUT2D eigenvalue weighted by atomic mass is 9.82. The van der Waals surface area contributed by atoms with E-state index in [0.29, 0.717) is 6.04 Å². The molecule has 1 aromatic carbocycles. The molecular formula is C17H25NO. The van der Waals surface area contributed by atoms with Crippen molar-refractivity contribution in [3.63, 3.8) is 0 Å². The summed E-state index contributed by atoms with van der Waals surface area (Å²) >= 11 is 0. The third-order valence-corrected chi connectivity index (χ3v) is 4.80. The molecule has 1 N–H and O–H groups in total. The molecule has 104 valence electrons. The van der Waals surface area contributed by atoms with E-state index in [4.69, 9.17) is 4.74 Å². The fourth-order valence-corrected chi connectivity index (χ4v) is 3.50. The molecule has 0 aliphatic heterocycles. The highest BCUT2D eigenvalue weighted by Crippen LogP contribution is 2.44. The molecule has 0 heterocycles. The van der Waals surface area contributed by atoms with Crippen molar-refractivity contribution >= 4 is 5.69 Å². The van der Waals surface area contributed by atoms with E-state index in [1.165, 1.54) is 49.8 Å². The third kappa shape index (κ3) is 3.05. The van der Waals surface area contributed by atoms with Crippen molar-refractivity contribution in [3.05, 3.63) is 23.8 Å². The highest BCUT2D eigenvalue weighted by atomic mass is 16.5. The molecule has 2 unspecified atom stereocenters. The number of aryl methyl sites for hydroxylation is 1. The Kier molecular flexibility index (Phi) is 3.67. The molecule has 0 bridgehead atoms. The summed E-state index contributed by atoms with van der Waals surface area (Å²) in [5.41, 5.74) is 2.56. The van der Waals surface area contributed by atoms with Crippen molar-refractivity contribution in [1.29, 1.82) is 0 Å². The second-order valence-corrected chi connectivity index (χ2v) is 6.29. The van der Waals surface area contributed by atoms with E-state index < -0.39 is 0 Å². The van der Waals surface area contributed by atoms with E-state index in [1.54, 1.807) is 7.11 Å². The van der Waals surface area contributed by atoms with Gasteiger partial charge < -0.3 is 10.1 Å². The minimum Gasteiger partial charge on any atom is -0.497 e. The van der Waals surface area contributed by atoms with Gasteiger partial charge in [-0.1, -0.05) is 12.8 Å². The van der Waals surface area contributed by atoms with Crippen LogP contribution in [0.5, 0.6) is 5.75 Å². The van der Waals surface area contributed by atoms with Gasteiger partial charge in [0.15, 0.2) is 0 Å². The summed E-state index contributed by atoms with van der Waals surface area (Å²) in [5.74, 6) is 2.99. The van der Waals surface area contributed by atoms with Crippen molar-refractivity contribution in [1.82, 2.24) is 0 Å². The van der Waals surface area contributed by atoms with Gasteiger partial charge in [-0.05, 0) is 68.2 Å². The maximum absolute atomic E-state index is 5.27. The Morgan fingerprint density at radius 1 is 1.11 bits per heavy atom. The monoisotopic (exact) mass is 259 g/mol. The summed E-state index contributed by atoms with van der Waals surface area (Å²) in [5, 5.41) is 3.76. The number of hydrogen-bond acceptors (Lipinski definition) is 2. The van der Waals surface area contributed by atoms with Crippen molar-refractivity contribution in [3.8, 4) is 5.75 Å². The minimum atomic E-state index is 0.673. The lowest BCUT2D eigenvalue weighted by Crippen LogP contribution is -2.28. The van der Waals surface area contributed by atoms with Crippen LogP contribution in [0, 0.1) is 18.8 Å². The van der Waals surface area contributed by atoms with Crippen LogP contribution in [-0.2, 0) is 0 Å². The summed E-state index contributed by atoms with van der Waals surface area (Å²) in [4.78, 5) is 0. The predicted octanol–water partition coefficient (Wildman–Crippen LogP) is 4.38. The largest absolute Gasteiger partial charge is 0.497 e. The molecule has 2 heteroatoms. The first kappa shape index (κ1) is 12.8. The Bertz CT molecular complexity index is 439. The standard InChI is InChI=1S/C17H25NO/c1-12-10-16(19-2)8-9-17(12)18-15-5-3-4-14(11-15)13-6-7-13/h8-10,13-15,18H,3-7,11H2,1-2H3. The van der Waals surface area contributed by atoms with E-state index in [0.717, 1.165) is 17.6 Å². The molecule has 1 aromatic rings. The zero-order valence-electron chi connectivity index (χ0n) is 12.1. The van der Waals surface area contributed by atoms with Crippen LogP contribution in [0.4, 0.5) is 5.69 Å². The molecule has 0 radical (unpaired) electrons. The third-order valence-electron chi connectivity index (χ3n) is 4.80. The molecule has 0 spiro atoms. The van der Waals surface area contributed by atoms with Crippen LogP contribution in [0.25, 0.3) is 0 Å². The van der Waals surface area contributed by atoms with E-state index in [-0.39, 0.29) is 0 Å². The topological polar surface area (TPSA) is 21.3 Å². The number of hydrogen-bond donors (Lipinski definition) is 1. The molecule has 0 aromatic heterocycles. The maximum atomic E-state index is 5.27. The van der Waals surface area contributed by atoms with Crippen molar-refractivity contribution in [2.45, 2.75) is 51.5 Å². The Morgan fingerprint density at radius 3 is 2.63 bits per heavy atom. The van der Waals surface area contributed by atoms with E-state index in [9.17, 15) is 0 Å². The van der Waals surface area contributed by atoms with Gasteiger partial charge in [-0.3, -0.25) is 0 Å². The summed E-state index contributed by atoms with van der Waals surface area (Å²) in [6, 6.07) is 7.00. The first-order valence-electron chi connectivity index (χ1n) is 7.67. The molecule has 19 heavy (non-hydrogen) atoms. The molecule has 2 atom stereocenters. The highest BCUT2D eigenvalue weighted by Gasteiger charge is 2.34. The zero-order valence-corrected chi connectivity index (χ0v) is 12.1. The van der Waals surface area contributed by atoms with E-state index in [2.05, 4.69) is 30.4 Å². The van der Waals surface area contributed by atoms with Crippen molar-refractivity contribution in [2.75, 3.05) is 12.4 Å². The van der Waals surface area contributed by atoms with Gasteiger partial charge in [-0.2, -0.15) is 0 Å². The number of rotatable bonds is 4. The first-order chi connectivity index (χ1) is 9.26. The van der Waals surface area contributed by atoms with Crippen LogP contribution in [0.3, 0.4) is 0 Å². The summed E-state index contributed by atoms with van der Waals surface area (Å²) in [6.07, 6.45) is 8.53. The number of ether oxygens (including phenoxy) is 1. The fourth-order valence-electron chi connectivity index (χ4n) is 3.50. The van der Waals surface area contributed by atoms with Crippen molar-refractivity contribution < 1.29 is 4.74 Å². The molecule has 0 amide bonds. The Morgan fingerprint density at radius 2 is 1.95 bits per heavy atom. The summed E-state index contributed by atoms with van der Waals surface area (Å²) < 4.78 is 5.27. The lowest BCUT2D eigenvalue weighted by molar-refractivity contribution is 0.303. The predicted molar refractivity (Wildman–Crippen MR) is 79.8 cm³/mol. The lowest BCUT2D eigenvalue weighted by Gasteiger charge is -2.31. The molecule has 2 aliphatic carbocycles. The van der Waals surface area contributed by atoms with Gasteiger partial charge in [0, 0.05) is 11.7 Å². The molecule has 2 nitrogen and oxygen atoms in total. The number of methoxy groups -OCH3 is 1. The molecule has 3 rings (SSSR count). The average Bonchev–Trinajstić information content (AvgIpc) is 3.26. The van der Waals surface area contributed by atoms with Crippen LogP contribution in [-0.4, -0.2) is 13.2 Å². The molecule has 2 fully saturated rings. The van der Waals surface area contributed by atoms with Gasteiger partial charge in [-0.15, -0.1) is 0 Å². The smallest absolute Gasteiger partial charge is 0.119 e. The molecule has 2 aliphatic rings. The Labute approximate surface area is 116 Å². The maximum Gasteiger partial charge on any atom is 0.119 e. The van der Waals surface area contributed by atoms with Gasteiger partial charge in [0.05, 0.1) is 7.11 Å². The SMILES string of the molecule is COc1ccc(NC2CCCC(C3CC3)C2)c(C)c1. The van der Waals surface area contributed by atoms with Crippen LogP contribution in [0.2, 0.25) is 0 Å². The summed E-state index contributed by atoms with van der Waals surface area (Å²) in [6.45, 7) is 2.16. The Balaban J connectivity index is 1.63. The Hall–Kier alpha value is -1.18. The average molecular weight is 259 g/mol. The molecule has 2 saturated carbocycles. The zero-order chi connectivity index (χ0) is 13.2. The van der Waals surface area contributed by atoms with Crippen LogP contribution < -0.4 is 10.1 Å². The number of anilines is 1. The first-order valence-corrected chi connectivity index (χ1v) is 7.67. The number of benzene rings is 1. The highest BCUT2D eigenvalue weighted by molar-refractivity contribution is 5.54. The second kappa shape index (κ2) is 5.44. The van der Waals surface area contributed by atoms with Crippen molar-refractivity contribution in [2.24, 2.45) is 11.8 Å². The van der Waals surface area contributed by atoms with Gasteiger partial charge in [-0.25, -0.2) is 0 Å². The van der Waals surface area contributed by atoms with E-state index in [1.807, 2.05) is 0 Å². The second-order valence-electron chi connectivity index (χ2n) is 6.29. The summed E-state index contributed by atoms with van der Waals surface area (Å²) in [7, 11) is 1.73. The quantitative estimate of drug-likeness (QED) is 0.866. The fraction of sp³-hybridized carbons (Fsp3) is 0.647. The van der Waals surface area contributed by atoms with Crippen LogP contribution in [0.1, 0.15) is 44.1 Å². The molecule has 0 saturated heterocycles. The van der Waals surface area contributed by atoms with E-state index >= 15 is 0 Å².